The van der Waals surface area contributed by atoms with Gasteiger partial charge in [-0.3, -0.25) is 4.79 Å². The molecule has 6 nitrogen and oxygen atoms in total. The number of amides is 1. The molecule has 162 valence electrons. The number of ether oxygens (including phenoxy) is 1. The molecule has 1 aromatic carbocycles. The third kappa shape index (κ3) is 7.13. The molecule has 1 saturated carbocycles. The lowest BCUT2D eigenvalue weighted by atomic mass is 9.88. The van der Waals surface area contributed by atoms with Gasteiger partial charge in [-0.25, -0.2) is 4.99 Å². The Morgan fingerprint density at radius 3 is 2.66 bits per heavy atom. The minimum Gasteiger partial charge on any atom is -0.385 e. The minimum absolute atomic E-state index is 0. The lowest BCUT2D eigenvalue weighted by Gasteiger charge is -2.28. The second-order valence-electron chi connectivity index (χ2n) is 8.40. The van der Waals surface area contributed by atoms with Crippen LogP contribution in [0.15, 0.2) is 29.3 Å². The van der Waals surface area contributed by atoms with Crippen LogP contribution in [0.25, 0.3) is 0 Å². The van der Waals surface area contributed by atoms with Crippen molar-refractivity contribution in [3.8, 4) is 0 Å². The summed E-state index contributed by atoms with van der Waals surface area (Å²) in [5.74, 6) is 0.763. The Kier molecular flexibility index (Phi) is 9.20. The fourth-order valence-corrected chi connectivity index (χ4v) is 3.74. The molecule has 2 aliphatic rings. The number of benzene rings is 1. The molecule has 0 heterocycles. The predicted octanol–water partition coefficient (Wildman–Crippen LogP) is 2.60. The molecule has 3 rings (SSSR count). The number of carbonyl (C=O) groups is 1. The second kappa shape index (κ2) is 11.2. The molecule has 1 unspecified atom stereocenters. The van der Waals surface area contributed by atoms with Gasteiger partial charge in [0.25, 0.3) is 0 Å². The lowest BCUT2D eigenvalue weighted by Crippen LogP contribution is -2.47. The smallest absolute Gasteiger partial charge is 0.243 e. The summed E-state index contributed by atoms with van der Waals surface area (Å²) in [6.07, 6.45) is 6.67. The summed E-state index contributed by atoms with van der Waals surface area (Å²) in [5, 5.41) is 7.09. The van der Waals surface area contributed by atoms with Gasteiger partial charge in [0.2, 0.25) is 5.91 Å². The van der Waals surface area contributed by atoms with E-state index in [9.17, 15) is 4.79 Å². The number of carbonyl (C=O) groups excluding carboxylic acids is 1. The maximum absolute atomic E-state index is 12.0. The fourth-order valence-electron chi connectivity index (χ4n) is 3.74. The Bertz CT molecular complexity index is 704. The Morgan fingerprint density at radius 1 is 1.28 bits per heavy atom. The Morgan fingerprint density at radius 2 is 2.00 bits per heavy atom. The summed E-state index contributed by atoms with van der Waals surface area (Å²) in [4.78, 5) is 18.2. The summed E-state index contributed by atoms with van der Waals surface area (Å²) >= 11 is 0. The summed E-state index contributed by atoms with van der Waals surface area (Å²) < 4.78 is 5.26. The molecule has 0 spiro atoms. The molecule has 29 heavy (non-hydrogen) atoms. The molecular weight excluding hydrogens is 479 g/mol. The van der Waals surface area contributed by atoms with Crippen LogP contribution in [-0.4, -0.2) is 63.7 Å². The predicted molar refractivity (Wildman–Crippen MR) is 128 cm³/mol. The molecule has 0 bridgehead atoms. The fraction of sp³-hybridized carbons (Fsp3) is 0.636. The Labute approximate surface area is 191 Å². The van der Waals surface area contributed by atoms with Gasteiger partial charge in [-0.1, -0.05) is 24.3 Å². The molecule has 2 N–H and O–H groups in total. The van der Waals surface area contributed by atoms with Crippen LogP contribution in [0.3, 0.4) is 0 Å². The number of halogens is 1. The highest BCUT2D eigenvalue weighted by molar-refractivity contribution is 14.0. The number of hydrogen-bond donors (Lipinski definition) is 2. The van der Waals surface area contributed by atoms with Crippen LogP contribution in [0.2, 0.25) is 0 Å². The van der Waals surface area contributed by atoms with Crippen LogP contribution in [-0.2, 0) is 22.4 Å². The van der Waals surface area contributed by atoms with Gasteiger partial charge in [0, 0.05) is 40.4 Å². The summed E-state index contributed by atoms with van der Waals surface area (Å²) in [7, 11) is 5.28. The summed E-state index contributed by atoms with van der Waals surface area (Å²) in [6.45, 7) is 1.83. The number of guanidine groups is 1. The first-order chi connectivity index (χ1) is 13.5. The number of nitrogens with zero attached hydrogens (tertiary/aromatic N) is 2. The van der Waals surface area contributed by atoms with Crippen molar-refractivity contribution in [2.45, 2.75) is 44.6 Å². The molecule has 1 amide bonds. The van der Waals surface area contributed by atoms with Crippen molar-refractivity contribution >= 4 is 35.8 Å². The van der Waals surface area contributed by atoms with Gasteiger partial charge in [0.1, 0.15) is 6.54 Å². The van der Waals surface area contributed by atoms with Crippen molar-refractivity contribution in [1.29, 1.82) is 0 Å². The lowest BCUT2D eigenvalue weighted by molar-refractivity contribution is -0.127. The molecule has 1 aromatic rings. The van der Waals surface area contributed by atoms with Gasteiger partial charge in [0.15, 0.2) is 5.96 Å². The zero-order valence-corrected chi connectivity index (χ0v) is 20.2. The Hall–Kier alpha value is -1.35. The molecule has 0 aromatic heterocycles. The van der Waals surface area contributed by atoms with E-state index in [1.807, 2.05) is 0 Å². The van der Waals surface area contributed by atoms with E-state index in [1.165, 1.54) is 24.0 Å². The van der Waals surface area contributed by atoms with Crippen molar-refractivity contribution in [3.63, 3.8) is 0 Å². The number of fused-ring (bicyclic) bond motifs is 1. The van der Waals surface area contributed by atoms with Gasteiger partial charge in [-0.2, -0.15) is 0 Å². The molecule has 0 aliphatic heterocycles. The maximum Gasteiger partial charge on any atom is 0.243 e. The largest absolute Gasteiger partial charge is 0.385 e. The second-order valence-corrected chi connectivity index (χ2v) is 8.40. The van der Waals surface area contributed by atoms with Crippen LogP contribution in [0.1, 0.15) is 36.8 Å². The zero-order valence-electron chi connectivity index (χ0n) is 17.9. The first-order valence-corrected chi connectivity index (χ1v) is 10.3. The molecule has 0 saturated heterocycles. The highest BCUT2D eigenvalue weighted by Gasteiger charge is 2.42. The first kappa shape index (κ1) is 23.9. The van der Waals surface area contributed by atoms with Crippen molar-refractivity contribution in [1.82, 2.24) is 15.5 Å². The molecule has 7 heteroatoms. The number of hydrogen-bond acceptors (Lipinski definition) is 3. The van der Waals surface area contributed by atoms with Gasteiger partial charge >= 0.3 is 0 Å². The van der Waals surface area contributed by atoms with E-state index in [-0.39, 0.29) is 36.4 Å². The van der Waals surface area contributed by atoms with Crippen molar-refractivity contribution in [3.05, 3.63) is 35.4 Å². The molecule has 2 aliphatic carbocycles. The minimum atomic E-state index is 0. The number of methoxy groups -OCH3 is 1. The van der Waals surface area contributed by atoms with E-state index < -0.39 is 0 Å². The SMILES string of the molecule is COCCC1(CNC(=NCC(=O)N(C)C)NC2CCc3ccccc3C2)CC1.I. The van der Waals surface area contributed by atoms with E-state index in [1.54, 1.807) is 26.1 Å². The van der Waals surface area contributed by atoms with E-state index in [2.05, 4.69) is 39.9 Å². The van der Waals surface area contributed by atoms with Crippen LogP contribution >= 0.6 is 24.0 Å². The van der Waals surface area contributed by atoms with Crippen LogP contribution < -0.4 is 10.6 Å². The van der Waals surface area contributed by atoms with E-state index in [4.69, 9.17) is 4.74 Å². The molecular formula is C22H35IN4O2. The van der Waals surface area contributed by atoms with Crippen LogP contribution in [0.4, 0.5) is 0 Å². The van der Waals surface area contributed by atoms with Crippen LogP contribution in [0, 0.1) is 5.41 Å². The number of aryl methyl sites for hydroxylation is 1. The third-order valence-corrected chi connectivity index (χ3v) is 5.98. The highest BCUT2D eigenvalue weighted by atomic mass is 127. The van der Waals surface area contributed by atoms with Crippen molar-refractivity contribution < 1.29 is 9.53 Å². The standard InChI is InChI=1S/C22H34N4O2.HI/c1-26(2)20(27)15-23-21(24-16-22(10-11-22)12-13-28-3)25-19-9-8-17-6-4-5-7-18(17)14-19;/h4-7,19H,8-16H2,1-3H3,(H2,23,24,25);1H. The summed E-state index contributed by atoms with van der Waals surface area (Å²) in [6, 6.07) is 9.00. The molecule has 1 fully saturated rings. The van der Waals surface area contributed by atoms with Crippen molar-refractivity contribution in [2.75, 3.05) is 40.9 Å². The Balaban J connectivity index is 0.00000300. The highest BCUT2D eigenvalue weighted by Crippen LogP contribution is 2.48. The number of rotatable bonds is 8. The van der Waals surface area contributed by atoms with Gasteiger partial charge < -0.3 is 20.3 Å². The van der Waals surface area contributed by atoms with Gasteiger partial charge in [-0.15, -0.1) is 24.0 Å². The van der Waals surface area contributed by atoms with Crippen molar-refractivity contribution in [2.24, 2.45) is 10.4 Å². The average Bonchev–Trinajstić information content (AvgIpc) is 3.48. The van der Waals surface area contributed by atoms with Crippen LogP contribution in [0.5, 0.6) is 0 Å². The van der Waals surface area contributed by atoms with E-state index in [0.717, 1.165) is 44.8 Å². The summed E-state index contributed by atoms with van der Waals surface area (Å²) in [5.41, 5.74) is 3.18. The molecule has 0 radical (unpaired) electrons. The van der Waals surface area contributed by atoms with E-state index >= 15 is 0 Å². The first-order valence-electron chi connectivity index (χ1n) is 10.3. The third-order valence-electron chi connectivity index (χ3n) is 5.98. The quantitative estimate of drug-likeness (QED) is 0.318. The normalized spacial score (nSPS) is 19.6. The van der Waals surface area contributed by atoms with Gasteiger partial charge in [0.05, 0.1) is 0 Å². The average molecular weight is 514 g/mol. The monoisotopic (exact) mass is 514 g/mol. The zero-order chi connectivity index (χ0) is 20.0. The van der Waals surface area contributed by atoms with E-state index in [0.29, 0.717) is 11.5 Å². The number of aliphatic imine (C=N–C) groups is 1. The maximum atomic E-state index is 12.0. The number of likely N-dealkylation sites (N-methyl/N-ethyl adjacent to an activating group) is 1. The van der Waals surface area contributed by atoms with Gasteiger partial charge in [-0.05, 0) is 55.1 Å². The number of nitrogens with one attached hydrogen (secondary N) is 2. The molecule has 1 atom stereocenters. The topological polar surface area (TPSA) is 66.0 Å².